The lowest BCUT2D eigenvalue weighted by molar-refractivity contribution is 0.0933. The second-order valence-electron chi connectivity index (χ2n) is 6.62. The molecule has 0 spiro atoms. The number of aryl methyl sites for hydroxylation is 1. The Balaban J connectivity index is 1.60. The average molecular weight is 322 g/mol. The Kier molecular flexibility index (Phi) is 4.38. The van der Waals surface area contributed by atoms with E-state index in [1.54, 1.807) is 24.3 Å². The molecule has 3 atom stereocenters. The largest absolute Gasteiger partial charge is 0.366 e. The second kappa shape index (κ2) is 6.48. The SMILES string of the molecule is Cc1cccc(C2CC2C(C)NC(=O)c2ccc(C(N)=O)cc2)c1. The number of nitrogens with two attached hydrogens (primary N) is 1. The molecule has 4 nitrogen and oxygen atoms in total. The first-order valence-electron chi connectivity index (χ1n) is 8.23. The molecule has 1 aliphatic rings. The summed E-state index contributed by atoms with van der Waals surface area (Å²) in [5.41, 5.74) is 8.78. The summed E-state index contributed by atoms with van der Waals surface area (Å²) in [5.74, 6) is 0.390. The van der Waals surface area contributed by atoms with Crippen molar-refractivity contribution in [2.24, 2.45) is 11.7 Å². The van der Waals surface area contributed by atoms with Crippen LogP contribution in [0.4, 0.5) is 0 Å². The number of hydrogen-bond acceptors (Lipinski definition) is 2. The van der Waals surface area contributed by atoms with Crippen molar-refractivity contribution in [3.8, 4) is 0 Å². The van der Waals surface area contributed by atoms with E-state index in [2.05, 4.69) is 43.4 Å². The predicted molar refractivity (Wildman–Crippen MR) is 93.9 cm³/mol. The van der Waals surface area contributed by atoms with Crippen molar-refractivity contribution < 1.29 is 9.59 Å². The Morgan fingerprint density at radius 1 is 1.12 bits per heavy atom. The van der Waals surface area contributed by atoms with Gasteiger partial charge in [-0.3, -0.25) is 9.59 Å². The number of carbonyl (C=O) groups excluding carboxylic acids is 2. The van der Waals surface area contributed by atoms with Crippen LogP contribution in [-0.4, -0.2) is 17.9 Å². The fourth-order valence-corrected chi connectivity index (χ4v) is 3.23. The summed E-state index contributed by atoms with van der Waals surface area (Å²) < 4.78 is 0. The molecule has 3 rings (SSSR count). The van der Waals surface area contributed by atoms with E-state index in [9.17, 15) is 9.59 Å². The van der Waals surface area contributed by atoms with Gasteiger partial charge in [0.1, 0.15) is 0 Å². The van der Waals surface area contributed by atoms with Crippen LogP contribution in [0.25, 0.3) is 0 Å². The van der Waals surface area contributed by atoms with Crippen molar-refractivity contribution in [3.63, 3.8) is 0 Å². The molecule has 1 saturated carbocycles. The third kappa shape index (κ3) is 3.48. The zero-order chi connectivity index (χ0) is 17.3. The lowest BCUT2D eigenvalue weighted by atomic mass is 10.0. The van der Waals surface area contributed by atoms with E-state index >= 15 is 0 Å². The van der Waals surface area contributed by atoms with Crippen LogP contribution in [0.5, 0.6) is 0 Å². The fourth-order valence-electron chi connectivity index (χ4n) is 3.23. The number of rotatable bonds is 5. The smallest absolute Gasteiger partial charge is 0.251 e. The molecular weight excluding hydrogens is 300 g/mol. The molecular formula is C20H22N2O2. The van der Waals surface area contributed by atoms with Crippen molar-refractivity contribution >= 4 is 11.8 Å². The van der Waals surface area contributed by atoms with Gasteiger partial charge in [0, 0.05) is 17.2 Å². The highest BCUT2D eigenvalue weighted by atomic mass is 16.2. The highest BCUT2D eigenvalue weighted by Gasteiger charge is 2.42. The van der Waals surface area contributed by atoms with Gasteiger partial charge in [-0.05, 0) is 61.9 Å². The minimum absolute atomic E-state index is 0.110. The Labute approximate surface area is 142 Å². The van der Waals surface area contributed by atoms with Gasteiger partial charge in [-0.25, -0.2) is 0 Å². The van der Waals surface area contributed by atoms with Crippen LogP contribution in [0, 0.1) is 12.8 Å². The molecule has 0 aliphatic heterocycles. The maximum absolute atomic E-state index is 12.3. The van der Waals surface area contributed by atoms with Gasteiger partial charge in [0.15, 0.2) is 0 Å². The number of amides is 2. The van der Waals surface area contributed by atoms with Crippen LogP contribution in [0.1, 0.15) is 51.1 Å². The molecule has 1 fully saturated rings. The average Bonchev–Trinajstić information content (AvgIpc) is 3.35. The van der Waals surface area contributed by atoms with Gasteiger partial charge in [-0.2, -0.15) is 0 Å². The van der Waals surface area contributed by atoms with E-state index < -0.39 is 5.91 Å². The highest BCUT2D eigenvalue weighted by molar-refractivity contribution is 5.97. The summed E-state index contributed by atoms with van der Waals surface area (Å²) in [4.78, 5) is 23.4. The lowest BCUT2D eigenvalue weighted by Crippen LogP contribution is -2.34. The first kappa shape index (κ1) is 16.2. The predicted octanol–water partition coefficient (Wildman–Crippen LogP) is 3.02. The second-order valence-corrected chi connectivity index (χ2v) is 6.62. The molecule has 124 valence electrons. The quantitative estimate of drug-likeness (QED) is 0.888. The summed E-state index contributed by atoms with van der Waals surface area (Å²) in [6, 6.07) is 15.1. The van der Waals surface area contributed by atoms with E-state index in [0.717, 1.165) is 6.42 Å². The molecule has 2 aromatic rings. The molecule has 1 aliphatic carbocycles. The van der Waals surface area contributed by atoms with E-state index in [4.69, 9.17) is 5.73 Å². The molecule has 3 unspecified atom stereocenters. The summed E-state index contributed by atoms with van der Waals surface area (Å²) in [6.45, 7) is 4.15. The van der Waals surface area contributed by atoms with Gasteiger partial charge >= 0.3 is 0 Å². The number of benzene rings is 2. The Bertz CT molecular complexity index is 767. The topological polar surface area (TPSA) is 72.2 Å². The molecule has 2 amide bonds. The van der Waals surface area contributed by atoms with Crippen LogP contribution in [0.15, 0.2) is 48.5 Å². The van der Waals surface area contributed by atoms with Crippen molar-refractivity contribution in [2.75, 3.05) is 0 Å². The highest BCUT2D eigenvalue weighted by Crippen LogP contribution is 2.49. The van der Waals surface area contributed by atoms with E-state index in [1.165, 1.54) is 11.1 Å². The van der Waals surface area contributed by atoms with Crippen molar-refractivity contribution in [3.05, 3.63) is 70.8 Å². The molecule has 0 aromatic heterocycles. The van der Waals surface area contributed by atoms with E-state index in [0.29, 0.717) is 23.0 Å². The normalized spacial score (nSPS) is 20.2. The van der Waals surface area contributed by atoms with Crippen LogP contribution >= 0.6 is 0 Å². The van der Waals surface area contributed by atoms with Crippen molar-refractivity contribution in [1.29, 1.82) is 0 Å². The Morgan fingerprint density at radius 3 is 2.42 bits per heavy atom. The first-order chi connectivity index (χ1) is 11.5. The molecule has 24 heavy (non-hydrogen) atoms. The number of primary amides is 1. The molecule has 0 saturated heterocycles. The number of carbonyl (C=O) groups is 2. The van der Waals surface area contributed by atoms with Gasteiger partial charge in [0.25, 0.3) is 5.91 Å². The summed E-state index contributed by atoms with van der Waals surface area (Å²) in [7, 11) is 0. The molecule has 0 bridgehead atoms. The zero-order valence-corrected chi connectivity index (χ0v) is 14.0. The Hall–Kier alpha value is -2.62. The number of nitrogens with one attached hydrogen (secondary N) is 1. The van der Waals surface area contributed by atoms with Gasteiger partial charge < -0.3 is 11.1 Å². The van der Waals surface area contributed by atoms with E-state index in [1.807, 2.05) is 0 Å². The van der Waals surface area contributed by atoms with E-state index in [-0.39, 0.29) is 11.9 Å². The van der Waals surface area contributed by atoms with Crippen LogP contribution in [0.2, 0.25) is 0 Å². The molecule has 0 heterocycles. The van der Waals surface area contributed by atoms with Crippen molar-refractivity contribution in [2.45, 2.75) is 32.2 Å². The van der Waals surface area contributed by atoms with Gasteiger partial charge in [0.05, 0.1) is 0 Å². The third-order valence-electron chi connectivity index (χ3n) is 4.74. The number of hydrogen-bond donors (Lipinski definition) is 2. The summed E-state index contributed by atoms with van der Waals surface area (Å²) in [6.07, 6.45) is 1.10. The Morgan fingerprint density at radius 2 is 1.79 bits per heavy atom. The third-order valence-corrected chi connectivity index (χ3v) is 4.74. The fraction of sp³-hybridized carbons (Fsp3) is 0.300. The zero-order valence-electron chi connectivity index (χ0n) is 14.0. The van der Waals surface area contributed by atoms with Gasteiger partial charge in [-0.15, -0.1) is 0 Å². The summed E-state index contributed by atoms with van der Waals surface area (Å²) >= 11 is 0. The van der Waals surface area contributed by atoms with Gasteiger partial charge in [-0.1, -0.05) is 29.8 Å². The lowest BCUT2D eigenvalue weighted by Gasteiger charge is -2.14. The summed E-state index contributed by atoms with van der Waals surface area (Å²) in [5, 5.41) is 3.07. The monoisotopic (exact) mass is 322 g/mol. The molecule has 2 aromatic carbocycles. The maximum Gasteiger partial charge on any atom is 0.251 e. The maximum atomic E-state index is 12.3. The minimum atomic E-state index is -0.491. The van der Waals surface area contributed by atoms with Crippen LogP contribution in [0.3, 0.4) is 0 Å². The molecule has 3 N–H and O–H groups in total. The molecule has 0 radical (unpaired) electrons. The van der Waals surface area contributed by atoms with Crippen molar-refractivity contribution in [1.82, 2.24) is 5.32 Å². The minimum Gasteiger partial charge on any atom is -0.366 e. The first-order valence-corrected chi connectivity index (χ1v) is 8.23. The van der Waals surface area contributed by atoms with Gasteiger partial charge in [0.2, 0.25) is 5.91 Å². The van der Waals surface area contributed by atoms with Crippen LogP contribution < -0.4 is 11.1 Å². The standard InChI is InChI=1S/C20H22N2O2/c1-12-4-3-5-16(10-12)18-11-17(18)13(2)22-20(24)15-8-6-14(7-9-15)19(21)23/h3-10,13,17-18H,11H2,1-2H3,(H2,21,23)(H,22,24). The van der Waals surface area contributed by atoms with Crippen LogP contribution in [-0.2, 0) is 0 Å². The molecule has 4 heteroatoms.